The fourth-order valence-corrected chi connectivity index (χ4v) is 3.77. The Labute approximate surface area is 185 Å². The molecule has 7 nitrogen and oxygen atoms in total. The fourth-order valence-electron chi connectivity index (χ4n) is 2.91. The molecular weight excluding hydrogens is 416 g/mol. The number of hydrogen-bond acceptors (Lipinski definition) is 5. The van der Waals surface area contributed by atoms with Gasteiger partial charge in [-0.2, -0.15) is 0 Å². The zero-order valence-electron chi connectivity index (χ0n) is 19.0. The number of anilines is 1. The molecule has 1 amide bonds. The van der Waals surface area contributed by atoms with Crippen LogP contribution >= 0.6 is 0 Å². The zero-order valence-corrected chi connectivity index (χ0v) is 19.8. The predicted octanol–water partition coefficient (Wildman–Crippen LogP) is 3.34. The standard InChI is InChI=1S/C23H32N2O5S/c1-17(16-30-21-13-11-20(29-5)12-14-21)24-22(26)15-25(31(6,27)28)19-9-7-18(8-10-19)23(2,3)4/h7-14,17H,15-16H2,1-6H3,(H,24,26)/t17-/m0/s1. The second-order valence-corrected chi connectivity index (χ2v) is 10.4. The largest absolute Gasteiger partial charge is 0.497 e. The number of methoxy groups -OCH3 is 1. The van der Waals surface area contributed by atoms with Crippen LogP contribution in [0.3, 0.4) is 0 Å². The van der Waals surface area contributed by atoms with Crippen molar-refractivity contribution in [2.75, 3.05) is 30.8 Å². The molecule has 0 aliphatic rings. The number of carbonyl (C=O) groups is 1. The minimum Gasteiger partial charge on any atom is -0.497 e. The third-order valence-electron chi connectivity index (χ3n) is 4.68. The summed E-state index contributed by atoms with van der Waals surface area (Å²) in [4.78, 5) is 12.5. The highest BCUT2D eigenvalue weighted by Crippen LogP contribution is 2.26. The van der Waals surface area contributed by atoms with Crippen LogP contribution in [-0.4, -0.2) is 46.9 Å². The number of hydrogen-bond donors (Lipinski definition) is 1. The molecule has 8 heteroatoms. The lowest BCUT2D eigenvalue weighted by Gasteiger charge is -2.25. The maximum Gasteiger partial charge on any atom is 0.241 e. The van der Waals surface area contributed by atoms with Gasteiger partial charge in [-0.1, -0.05) is 32.9 Å². The Morgan fingerprint density at radius 2 is 1.58 bits per heavy atom. The van der Waals surface area contributed by atoms with Gasteiger partial charge in [0.05, 0.1) is 25.1 Å². The molecular formula is C23H32N2O5S. The zero-order chi connectivity index (χ0) is 23.2. The highest BCUT2D eigenvalue weighted by molar-refractivity contribution is 7.92. The summed E-state index contributed by atoms with van der Waals surface area (Å²) in [5.41, 5.74) is 1.48. The lowest BCUT2D eigenvalue weighted by atomic mass is 9.87. The van der Waals surface area contributed by atoms with Crippen molar-refractivity contribution >= 4 is 21.6 Å². The molecule has 0 aromatic heterocycles. The molecule has 2 aromatic rings. The molecule has 0 saturated carbocycles. The molecule has 1 N–H and O–H groups in total. The Bertz CT molecular complexity index is 965. The molecule has 0 unspecified atom stereocenters. The third kappa shape index (κ3) is 7.47. The number of amides is 1. The van der Waals surface area contributed by atoms with E-state index in [1.807, 2.05) is 12.1 Å². The molecule has 0 aliphatic carbocycles. The van der Waals surface area contributed by atoms with Crippen LogP contribution in [0.2, 0.25) is 0 Å². The van der Waals surface area contributed by atoms with E-state index in [1.165, 1.54) is 0 Å². The Balaban J connectivity index is 1.98. The number of carbonyl (C=O) groups excluding carboxylic acids is 1. The third-order valence-corrected chi connectivity index (χ3v) is 5.82. The minimum absolute atomic E-state index is 0.0505. The summed E-state index contributed by atoms with van der Waals surface area (Å²) in [6, 6.07) is 14.0. The minimum atomic E-state index is -3.63. The summed E-state index contributed by atoms with van der Waals surface area (Å²) in [5, 5.41) is 2.79. The van der Waals surface area contributed by atoms with Crippen LogP contribution in [0.5, 0.6) is 11.5 Å². The van der Waals surface area contributed by atoms with E-state index in [4.69, 9.17) is 9.47 Å². The lowest BCUT2D eigenvalue weighted by Crippen LogP contribution is -2.44. The maximum atomic E-state index is 12.5. The van der Waals surface area contributed by atoms with Crippen molar-refractivity contribution in [1.29, 1.82) is 0 Å². The molecule has 2 rings (SSSR count). The Hall–Kier alpha value is -2.74. The van der Waals surface area contributed by atoms with Crippen molar-refractivity contribution in [1.82, 2.24) is 5.32 Å². The van der Waals surface area contributed by atoms with Crippen molar-refractivity contribution in [3.8, 4) is 11.5 Å². The first kappa shape index (κ1) is 24.5. The number of nitrogens with one attached hydrogen (secondary N) is 1. The molecule has 0 radical (unpaired) electrons. The Morgan fingerprint density at radius 3 is 2.06 bits per heavy atom. The molecule has 2 aromatic carbocycles. The van der Waals surface area contributed by atoms with Crippen LogP contribution in [0.15, 0.2) is 48.5 Å². The smallest absolute Gasteiger partial charge is 0.241 e. The van der Waals surface area contributed by atoms with Crippen LogP contribution in [0, 0.1) is 0 Å². The van der Waals surface area contributed by atoms with Gasteiger partial charge in [0.15, 0.2) is 0 Å². The molecule has 0 spiro atoms. The first-order chi connectivity index (χ1) is 14.4. The van der Waals surface area contributed by atoms with Gasteiger partial charge in [-0.05, 0) is 54.3 Å². The summed E-state index contributed by atoms with van der Waals surface area (Å²) in [5.74, 6) is 0.972. The Morgan fingerprint density at radius 1 is 1.03 bits per heavy atom. The van der Waals surface area contributed by atoms with Crippen LogP contribution in [0.25, 0.3) is 0 Å². The first-order valence-electron chi connectivity index (χ1n) is 10.0. The van der Waals surface area contributed by atoms with E-state index in [0.29, 0.717) is 11.4 Å². The summed E-state index contributed by atoms with van der Waals surface area (Å²) in [6.45, 7) is 7.99. The normalized spacial score (nSPS) is 12.7. The topological polar surface area (TPSA) is 84.9 Å². The van der Waals surface area contributed by atoms with Crippen molar-refractivity contribution in [2.24, 2.45) is 0 Å². The van der Waals surface area contributed by atoms with Gasteiger partial charge < -0.3 is 14.8 Å². The summed E-state index contributed by atoms with van der Waals surface area (Å²) < 4.78 is 36.5. The van der Waals surface area contributed by atoms with Crippen LogP contribution in [0.1, 0.15) is 33.3 Å². The van der Waals surface area contributed by atoms with Gasteiger partial charge in [-0.25, -0.2) is 8.42 Å². The fraction of sp³-hybridized carbons (Fsp3) is 0.435. The van der Waals surface area contributed by atoms with E-state index in [2.05, 4.69) is 26.1 Å². The van der Waals surface area contributed by atoms with Crippen LogP contribution < -0.4 is 19.1 Å². The van der Waals surface area contributed by atoms with Gasteiger partial charge in [-0.15, -0.1) is 0 Å². The van der Waals surface area contributed by atoms with Crippen LogP contribution in [0.4, 0.5) is 5.69 Å². The average molecular weight is 449 g/mol. The maximum absolute atomic E-state index is 12.5. The van der Waals surface area contributed by atoms with Crippen molar-refractivity contribution in [3.63, 3.8) is 0 Å². The monoisotopic (exact) mass is 448 g/mol. The molecule has 0 bridgehead atoms. The second kappa shape index (κ2) is 10.0. The van der Waals surface area contributed by atoms with Gasteiger partial charge in [0.1, 0.15) is 24.7 Å². The van der Waals surface area contributed by atoms with E-state index in [0.717, 1.165) is 21.9 Å². The van der Waals surface area contributed by atoms with E-state index in [1.54, 1.807) is 50.4 Å². The molecule has 170 valence electrons. The van der Waals surface area contributed by atoms with E-state index in [-0.39, 0.29) is 24.6 Å². The number of nitrogens with zero attached hydrogens (tertiary/aromatic N) is 1. The molecule has 0 heterocycles. The van der Waals surface area contributed by atoms with Crippen LogP contribution in [-0.2, 0) is 20.2 Å². The van der Waals surface area contributed by atoms with E-state index >= 15 is 0 Å². The SMILES string of the molecule is COc1ccc(OC[C@H](C)NC(=O)CN(c2ccc(C(C)(C)C)cc2)S(C)(=O)=O)cc1. The van der Waals surface area contributed by atoms with Gasteiger partial charge >= 0.3 is 0 Å². The molecule has 0 saturated heterocycles. The number of rotatable bonds is 9. The number of ether oxygens (including phenoxy) is 2. The summed E-state index contributed by atoms with van der Waals surface area (Å²) in [6.07, 6.45) is 1.09. The Kier molecular flexibility index (Phi) is 7.95. The molecule has 31 heavy (non-hydrogen) atoms. The molecule has 0 aliphatic heterocycles. The van der Waals surface area contributed by atoms with Gasteiger partial charge in [0.25, 0.3) is 0 Å². The van der Waals surface area contributed by atoms with Crippen molar-refractivity contribution in [3.05, 3.63) is 54.1 Å². The number of benzene rings is 2. The molecule has 0 fully saturated rings. The lowest BCUT2D eigenvalue weighted by molar-refractivity contribution is -0.120. The van der Waals surface area contributed by atoms with Crippen molar-refractivity contribution < 1.29 is 22.7 Å². The van der Waals surface area contributed by atoms with Gasteiger partial charge in [0.2, 0.25) is 15.9 Å². The highest BCUT2D eigenvalue weighted by Gasteiger charge is 2.22. The first-order valence-corrected chi connectivity index (χ1v) is 11.9. The van der Waals surface area contributed by atoms with E-state index in [9.17, 15) is 13.2 Å². The molecule has 1 atom stereocenters. The number of sulfonamides is 1. The van der Waals surface area contributed by atoms with Gasteiger partial charge in [-0.3, -0.25) is 9.10 Å². The quantitative estimate of drug-likeness (QED) is 0.636. The van der Waals surface area contributed by atoms with Crippen molar-refractivity contribution in [2.45, 2.75) is 39.2 Å². The second-order valence-electron chi connectivity index (χ2n) is 8.52. The highest BCUT2D eigenvalue weighted by atomic mass is 32.2. The predicted molar refractivity (Wildman–Crippen MR) is 123 cm³/mol. The summed E-state index contributed by atoms with van der Waals surface area (Å²) in [7, 11) is -2.04. The van der Waals surface area contributed by atoms with Gasteiger partial charge in [0, 0.05) is 0 Å². The van der Waals surface area contributed by atoms with E-state index < -0.39 is 15.9 Å². The summed E-state index contributed by atoms with van der Waals surface area (Å²) >= 11 is 0. The average Bonchev–Trinajstić information content (AvgIpc) is 2.69.